The molecule has 1 aliphatic rings. The minimum atomic E-state index is -0.421. The quantitative estimate of drug-likeness (QED) is 0.849. The van der Waals surface area contributed by atoms with Gasteiger partial charge in [0.1, 0.15) is 5.75 Å². The molecule has 1 heterocycles. The molecule has 21 heavy (non-hydrogen) atoms. The maximum atomic E-state index is 11.8. The van der Waals surface area contributed by atoms with Crippen molar-refractivity contribution in [3.8, 4) is 5.75 Å². The lowest BCUT2D eigenvalue weighted by atomic mass is 10.3. The van der Waals surface area contributed by atoms with Gasteiger partial charge in [-0.05, 0) is 30.7 Å². The molecule has 6 heteroatoms. The summed E-state index contributed by atoms with van der Waals surface area (Å²) in [6.45, 7) is 2.69. The number of carbonyl (C=O) groups is 2. The van der Waals surface area contributed by atoms with Crippen molar-refractivity contribution < 1.29 is 19.4 Å². The van der Waals surface area contributed by atoms with Crippen LogP contribution in [0.15, 0.2) is 24.3 Å². The number of nitrogens with zero attached hydrogens (tertiary/aromatic N) is 1. The largest absolute Gasteiger partial charge is 0.484 e. The molecule has 1 fully saturated rings. The average molecular weight is 292 g/mol. The molecule has 0 aromatic heterocycles. The fourth-order valence-electron chi connectivity index (χ4n) is 2.09. The molecule has 6 nitrogen and oxygen atoms in total. The van der Waals surface area contributed by atoms with Gasteiger partial charge in [-0.25, -0.2) is 0 Å². The van der Waals surface area contributed by atoms with Crippen molar-refractivity contribution in [3.63, 3.8) is 0 Å². The van der Waals surface area contributed by atoms with Crippen LogP contribution in [0.3, 0.4) is 0 Å². The first kappa shape index (κ1) is 15.3. The van der Waals surface area contributed by atoms with Gasteiger partial charge >= 0.3 is 0 Å². The molecule has 2 amide bonds. The minimum Gasteiger partial charge on any atom is -0.484 e. The van der Waals surface area contributed by atoms with Crippen LogP contribution in [0.2, 0.25) is 0 Å². The van der Waals surface area contributed by atoms with E-state index in [1.807, 2.05) is 0 Å². The Morgan fingerprint density at radius 1 is 1.38 bits per heavy atom. The number of nitrogens with one attached hydrogen (secondary N) is 1. The first-order valence-electron chi connectivity index (χ1n) is 7.07. The highest BCUT2D eigenvalue weighted by Crippen LogP contribution is 2.16. The monoisotopic (exact) mass is 292 g/mol. The lowest BCUT2D eigenvalue weighted by Crippen LogP contribution is -2.33. The lowest BCUT2D eigenvalue weighted by Gasteiger charge is -2.15. The molecule has 1 aromatic carbocycles. The zero-order valence-electron chi connectivity index (χ0n) is 12.0. The van der Waals surface area contributed by atoms with Crippen LogP contribution in [0.5, 0.6) is 5.75 Å². The van der Waals surface area contributed by atoms with Crippen molar-refractivity contribution in [3.05, 3.63) is 24.3 Å². The van der Waals surface area contributed by atoms with E-state index in [0.29, 0.717) is 37.4 Å². The fraction of sp³-hybridized carbons (Fsp3) is 0.467. The Balaban J connectivity index is 1.80. The molecule has 0 bridgehead atoms. The second kappa shape index (κ2) is 7.08. The van der Waals surface area contributed by atoms with Crippen molar-refractivity contribution in [2.75, 3.05) is 25.0 Å². The highest BCUT2D eigenvalue weighted by Gasteiger charge is 2.24. The van der Waals surface area contributed by atoms with E-state index in [2.05, 4.69) is 5.32 Å². The van der Waals surface area contributed by atoms with Crippen molar-refractivity contribution in [1.82, 2.24) is 4.90 Å². The van der Waals surface area contributed by atoms with Crippen LogP contribution in [-0.4, -0.2) is 47.6 Å². The van der Waals surface area contributed by atoms with Crippen LogP contribution in [0.4, 0.5) is 5.69 Å². The van der Waals surface area contributed by atoms with E-state index in [0.717, 1.165) is 0 Å². The van der Waals surface area contributed by atoms with E-state index >= 15 is 0 Å². The molecule has 0 saturated carbocycles. The number of ether oxygens (including phenoxy) is 1. The normalized spacial score (nSPS) is 17.6. The fourth-order valence-corrected chi connectivity index (χ4v) is 2.09. The summed E-state index contributed by atoms with van der Waals surface area (Å²) in [7, 11) is 0. The van der Waals surface area contributed by atoms with Gasteiger partial charge in [-0.15, -0.1) is 0 Å². The summed E-state index contributed by atoms with van der Waals surface area (Å²) in [5.74, 6) is 0.388. The standard InChI is InChI=1S/C15H20N2O4/c1-2-14(19)16-11-3-5-13(6-4-11)21-10-15(20)17-8-7-12(18)9-17/h3-6,12,18H,2,7-10H2,1H3,(H,16,19)/t12-/m1/s1. The van der Waals surface area contributed by atoms with Gasteiger partial charge in [0.25, 0.3) is 5.91 Å². The van der Waals surface area contributed by atoms with Gasteiger partial charge in [0.15, 0.2) is 6.61 Å². The molecule has 0 unspecified atom stereocenters. The molecule has 114 valence electrons. The molecule has 1 atom stereocenters. The summed E-state index contributed by atoms with van der Waals surface area (Å²) in [6.07, 6.45) is 0.627. The van der Waals surface area contributed by atoms with E-state index in [1.54, 1.807) is 36.1 Å². The van der Waals surface area contributed by atoms with Crippen LogP contribution in [-0.2, 0) is 9.59 Å². The zero-order chi connectivity index (χ0) is 15.2. The Hall–Kier alpha value is -2.08. The third-order valence-corrected chi connectivity index (χ3v) is 3.34. The Kier molecular flexibility index (Phi) is 5.16. The van der Waals surface area contributed by atoms with E-state index in [1.165, 1.54) is 0 Å². The Morgan fingerprint density at radius 3 is 2.67 bits per heavy atom. The van der Waals surface area contributed by atoms with E-state index < -0.39 is 6.10 Å². The Bertz CT molecular complexity index is 501. The number of amides is 2. The number of hydrogen-bond acceptors (Lipinski definition) is 4. The summed E-state index contributed by atoms with van der Waals surface area (Å²) >= 11 is 0. The van der Waals surface area contributed by atoms with Gasteiger partial charge in [-0.2, -0.15) is 0 Å². The predicted molar refractivity (Wildman–Crippen MR) is 78.1 cm³/mol. The third kappa shape index (κ3) is 4.46. The molecule has 0 spiro atoms. The number of aliphatic hydroxyl groups is 1. The topological polar surface area (TPSA) is 78.9 Å². The maximum Gasteiger partial charge on any atom is 0.260 e. The number of anilines is 1. The summed E-state index contributed by atoms with van der Waals surface area (Å²) in [5, 5.41) is 12.1. The number of likely N-dealkylation sites (tertiary alicyclic amines) is 1. The van der Waals surface area contributed by atoms with Crippen LogP contribution in [0.1, 0.15) is 19.8 Å². The van der Waals surface area contributed by atoms with Crippen molar-refractivity contribution in [2.45, 2.75) is 25.9 Å². The molecular formula is C15H20N2O4. The number of rotatable bonds is 5. The molecule has 0 radical (unpaired) electrons. The van der Waals surface area contributed by atoms with E-state index in [-0.39, 0.29) is 18.4 Å². The summed E-state index contributed by atoms with van der Waals surface area (Å²) in [5.41, 5.74) is 0.697. The second-order valence-electron chi connectivity index (χ2n) is 5.00. The van der Waals surface area contributed by atoms with E-state index in [4.69, 9.17) is 4.74 Å². The smallest absolute Gasteiger partial charge is 0.260 e. The number of benzene rings is 1. The molecule has 1 aliphatic heterocycles. The first-order chi connectivity index (χ1) is 10.1. The van der Waals surface area contributed by atoms with Crippen LogP contribution >= 0.6 is 0 Å². The number of hydrogen-bond donors (Lipinski definition) is 2. The second-order valence-corrected chi connectivity index (χ2v) is 5.00. The van der Waals surface area contributed by atoms with Gasteiger partial charge < -0.3 is 20.1 Å². The Morgan fingerprint density at radius 2 is 2.10 bits per heavy atom. The summed E-state index contributed by atoms with van der Waals surface area (Å²) in [4.78, 5) is 24.7. The Labute approximate surface area is 123 Å². The number of β-amino-alcohol motifs (C(OH)–C–C–N with tert-alkyl or cyclic N) is 1. The van der Waals surface area contributed by atoms with Crippen molar-refractivity contribution in [2.24, 2.45) is 0 Å². The van der Waals surface area contributed by atoms with Crippen LogP contribution < -0.4 is 10.1 Å². The lowest BCUT2D eigenvalue weighted by molar-refractivity contribution is -0.132. The van der Waals surface area contributed by atoms with Crippen molar-refractivity contribution >= 4 is 17.5 Å². The number of aliphatic hydroxyl groups excluding tert-OH is 1. The summed E-state index contributed by atoms with van der Waals surface area (Å²) in [6, 6.07) is 6.87. The third-order valence-electron chi connectivity index (χ3n) is 3.34. The predicted octanol–water partition coefficient (Wildman–Crippen LogP) is 1.01. The van der Waals surface area contributed by atoms with Crippen LogP contribution in [0, 0.1) is 0 Å². The molecule has 2 N–H and O–H groups in total. The van der Waals surface area contributed by atoms with Gasteiger partial charge in [0.05, 0.1) is 6.10 Å². The van der Waals surface area contributed by atoms with Crippen molar-refractivity contribution in [1.29, 1.82) is 0 Å². The number of carbonyl (C=O) groups excluding carboxylic acids is 2. The molecule has 0 aliphatic carbocycles. The molecule has 1 aromatic rings. The van der Waals surface area contributed by atoms with Gasteiger partial charge in [0, 0.05) is 25.2 Å². The van der Waals surface area contributed by atoms with Crippen LogP contribution in [0.25, 0.3) is 0 Å². The average Bonchev–Trinajstić information content (AvgIpc) is 2.92. The van der Waals surface area contributed by atoms with Gasteiger partial charge in [-0.3, -0.25) is 9.59 Å². The maximum absolute atomic E-state index is 11.8. The molecular weight excluding hydrogens is 272 g/mol. The first-order valence-corrected chi connectivity index (χ1v) is 7.07. The SMILES string of the molecule is CCC(=O)Nc1ccc(OCC(=O)N2CC[C@@H](O)C2)cc1. The highest BCUT2D eigenvalue weighted by molar-refractivity contribution is 5.90. The summed E-state index contributed by atoms with van der Waals surface area (Å²) < 4.78 is 5.42. The van der Waals surface area contributed by atoms with E-state index in [9.17, 15) is 14.7 Å². The highest BCUT2D eigenvalue weighted by atomic mass is 16.5. The minimum absolute atomic E-state index is 0.0482. The zero-order valence-corrected chi connectivity index (χ0v) is 12.0. The van der Waals surface area contributed by atoms with Gasteiger partial charge in [0.2, 0.25) is 5.91 Å². The van der Waals surface area contributed by atoms with Gasteiger partial charge in [-0.1, -0.05) is 6.92 Å². The molecule has 1 saturated heterocycles. The molecule has 2 rings (SSSR count).